The number of thiophene rings is 1. The lowest BCUT2D eigenvalue weighted by molar-refractivity contribution is 0.599. The van der Waals surface area contributed by atoms with Crippen LogP contribution in [0.4, 0.5) is 0 Å². The molecule has 0 radical (unpaired) electrons. The van der Waals surface area contributed by atoms with Crippen molar-refractivity contribution in [1.29, 1.82) is 0 Å². The van der Waals surface area contributed by atoms with E-state index in [1.807, 2.05) is 0 Å². The first-order valence-electron chi connectivity index (χ1n) is 8.10. The van der Waals surface area contributed by atoms with Crippen molar-refractivity contribution < 1.29 is 0 Å². The molecule has 0 saturated heterocycles. The Morgan fingerprint density at radius 1 is 1.38 bits per heavy atom. The van der Waals surface area contributed by atoms with Crippen molar-refractivity contribution in [3.8, 4) is 0 Å². The molecule has 0 saturated carbocycles. The highest BCUT2D eigenvalue weighted by Gasteiger charge is 2.03. The van der Waals surface area contributed by atoms with Gasteiger partial charge in [0.15, 0.2) is 5.96 Å². The number of rotatable bonds is 8. The summed E-state index contributed by atoms with van der Waals surface area (Å²) in [4.78, 5) is 5.93. The number of halogens is 1. The van der Waals surface area contributed by atoms with Gasteiger partial charge in [0.05, 0.1) is 6.54 Å². The molecule has 0 aliphatic carbocycles. The van der Waals surface area contributed by atoms with Gasteiger partial charge >= 0.3 is 0 Å². The second-order valence-electron chi connectivity index (χ2n) is 5.74. The Balaban J connectivity index is 0.00000288. The molecule has 0 unspecified atom stereocenters. The average Bonchev–Trinajstić information content (AvgIpc) is 3.20. The number of nitrogens with zero attached hydrogens (tertiary/aromatic N) is 4. The molecule has 2 aromatic heterocycles. The van der Waals surface area contributed by atoms with Crippen LogP contribution in [0.25, 0.3) is 0 Å². The Bertz CT molecular complexity index is 593. The van der Waals surface area contributed by atoms with Gasteiger partial charge in [0.25, 0.3) is 0 Å². The van der Waals surface area contributed by atoms with E-state index in [9.17, 15) is 0 Å². The Labute approximate surface area is 165 Å². The highest BCUT2D eigenvalue weighted by Crippen LogP contribution is 2.09. The lowest BCUT2D eigenvalue weighted by Crippen LogP contribution is -2.40. The molecule has 2 heterocycles. The molecule has 0 aliphatic heterocycles. The van der Waals surface area contributed by atoms with Crippen LogP contribution in [0, 0.1) is 5.92 Å². The molecule has 2 aromatic rings. The molecule has 2 N–H and O–H groups in total. The summed E-state index contributed by atoms with van der Waals surface area (Å²) in [5.74, 6) is 2.45. The molecule has 2 rings (SSSR count). The smallest absolute Gasteiger partial charge is 0.191 e. The van der Waals surface area contributed by atoms with Gasteiger partial charge in [0.2, 0.25) is 0 Å². The minimum absolute atomic E-state index is 0. The van der Waals surface area contributed by atoms with E-state index in [-0.39, 0.29) is 24.0 Å². The number of aliphatic imine (C=N–C) groups is 1. The largest absolute Gasteiger partial charge is 0.356 e. The molecule has 8 heteroatoms. The maximum Gasteiger partial charge on any atom is 0.191 e. The molecule has 6 nitrogen and oxygen atoms in total. The number of hydrogen-bond acceptors (Lipinski definition) is 4. The van der Waals surface area contributed by atoms with Crippen LogP contribution in [-0.2, 0) is 19.5 Å². The fourth-order valence-corrected chi connectivity index (χ4v) is 2.70. The van der Waals surface area contributed by atoms with Crippen LogP contribution in [-0.4, -0.2) is 33.8 Å². The Morgan fingerprint density at radius 2 is 2.21 bits per heavy atom. The van der Waals surface area contributed by atoms with Crippen LogP contribution >= 0.6 is 35.3 Å². The van der Waals surface area contributed by atoms with Crippen LogP contribution in [0.2, 0.25) is 0 Å². The number of guanidine groups is 1. The minimum Gasteiger partial charge on any atom is -0.356 e. The average molecular weight is 462 g/mol. The lowest BCUT2D eigenvalue weighted by atomic mass is 10.2. The SMILES string of the molecule is CCc1nncn1CCNC(=NCc1cccs1)NCC(C)C.I. The third kappa shape index (κ3) is 7.16. The van der Waals surface area contributed by atoms with Crippen molar-refractivity contribution in [2.45, 2.75) is 40.3 Å². The summed E-state index contributed by atoms with van der Waals surface area (Å²) < 4.78 is 2.08. The third-order valence-electron chi connectivity index (χ3n) is 3.31. The van der Waals surface area contributed by atoms with Gasteiger partial charge in [0.1, 0.15) is 12.2 Å². The number of hydrogen-bond donors (Lipinski definition) is 2. The summed E-state index contributed by atoms with van der Waals surface area (Å²) in [6.45, 7) is 9.70. The van der Waals surface area contributed by atoms with Gasteiger partial charge in [-0.25, -0.2) is 4.99 Å². The first-order chi connectivity index (χ1) is 11.2. The first-order valence-corrected chi connectivity index (χ1v) is 8.98. The van der Waals surface area contributed by atoms with E-state index >= 15 is 0 Å². The molecule has 0 aromatic carbocycles. The Hall–Kier alpha value is -1.16. The van der Waals surface area contributed by atoms with Crippen LogP contribution < -0.4 is 10.6 Å². The number of aromatic nitrogens is 3. The van der Waals surface area contributed by atoms with Crippen molar-refractivity contribution in [3.63, 3.8) is 0 Å². The van der Waals surface area contributed by atoms with Crippen molar-refractivity contribution in [1.82, 2.24) is 25.4 Å². The lowest BCUT2D eigenvalue weighted by Gasteiger charge is -2.14. The molecule has 134 valence electrons. The Kier molecular flexibility index (Phi) is 9.92. The van der Waals surface area contributed by atoms with Crippen LogP contribution in [0.5, 0.6) is 0 Å². The molecular weight excluding hydrogens is 435 g/mol. The van der Waals surface area contributed by atoms with E-state index in [1.54, 1.807) is 17.7 Å². The van der Waals surface area contributed by atoms with E-state index in [0.717, 1.165) is 37.8 Å². The maximum absolute atomic E-state index is 4.66. The zero-order valence-corrected chi connectivity index (χ0v) is 17.7. The molecule has 24 heavy (non-hydrogen) atoms. The normalized spacial score (nSPS) is 11.4. The van der Waals surface area contributed by atoms with E-state index in [2.05, 4.69) is 68.7 Å². The molecule has 0 atom stereocenters. The highest BCUT2D eigenvalue weighted by atomic mass is 127. The van der Waals surface area contributed by atoms with Gasteiger partial charge in [-0.3, -0.25) is 0 Å². The van der Waals surface area contributed by atoms with E-state index in [4.69, 9.17) is 0 Å². The van der Waals surface area contributed by atoms with Gasteiger partial charge in [-0.1, -0.05) is 26.8 Å². The summed E-state index contributed by atoms with van der Waals surface area (Å²) in [5, 5.41) is 16.9. The second-order valence-corrected chi connectivity index (χ2v) is 6.77. The fraction of sp³-hybridized carbons (Fsp3) is 0.562. The number of aryl methyl sites for hydroxylation is 1. The van der Waals surface area contributed by atoms with E-state index < -0.39 is 0 Å². The predicted octanol–water partition coefficient (Wildman–Crippen LogP) is 2.91. The summed E-state index contributed by atoms with van der Waals surface area (Å²) in [6, 6.07) is 4.17. The topological polar surface area (TPSA) is 67.1 Å². The van der Waals surface area contributed by atoms with Crippen molar-refractivity contribution >= 4 is 41.3 Å². The number of nitrogens with one attached hydrogen (secondary N) is 2. The van der Waals surface area contributed by atoms with Gasteiger partial charge in [-0.05, 0) is 17.4 Å². The predicted molar refractivity (Wildman–Crippen MR) is 111 cm³/mol. The minimum atomic E-state index is 0. The summed E-state index contributed by atoms with van der Waals surface area (Å²) in [5.41, 5.74) is 0. The fourth-order valence-electron chi connectivity index (χ4n) is 2.07. The standard InChI is InChI=1S/C16H26N6S.HI/c1-4-15-21-20-12-22(15)8-7-17-16(18-10-13(2)3)19-11-14-6-5-9-23-14;/h5-6,9,12-13H,4,7-8,10-11H2,1-3H3,(H2,17,18,19);1H. The molecule has 0 bridgehead atoms. The monoisotopic (exact) mass is 462 g/mol. The van der Waals surface area contributed by atoms with Gasteiger partial charge in [-0.15, -0.1) is 45.5 Å². The Morgan fingerprint density at radius 3 is 2.88 bits per heavy atom. The molecule has 0 aliphatic rings. The van der Waals surface area contributed by atoms with Crippen molar-refractivity contribution in [2.75, 3.05) is 13.1 Å². The maximum atomic E-state index is 4.66. The second kappa shape index (κ2) is 11.4. The zero-order valence-electron chi connectivity index (χ0n) is 14.5. The van der Waals surface area contributed by atoms with Gasteiger partial charge in [-0.2, -0.15) is 0 Å². The van der Waals surface area contributed by atoms with Gasteiger partial charge < -0.3 is 15.2 Å². The van der Waals surface area contributed by atoms with Crippen molar-refractivity contribution in [3.05, 3.63) is 34.5 Å². The van der Waals surface area contributed by atoms with Gasteiger partial charge in [0, 0.05) is 30.9 Å². The third-order valence-corrected chi connectivity index (χ3v) is 4.17. The molecule has 0 fully saturated rings. The van der Waals surface area contributed by atoms with Crippen LogP contribution in [0.1, 0.15) is 31.5 Å². The molecular formula is C16H27IN6S. The highest BCUT2D eigenvalue weighted by molar-refractivity contribution is 14.0. The molecule has 0 spiro atoms. The van der Waals surface area contributed by atoms with Crippen LogP contribution in [0.3, 0.4) is 0 Å². The molecule has 0 amide bonds. The zero-order chi connectivity index (χ0) is 16.5. The van der Waals surface area contributed by atoms with E-state index in [1.165, 1.54) is 4.88 Å². The van der Waals surface area contributed by atoms with Crippen LogP contribution in [0.15, 0.2) is 28.8 Å². The van der Waals surface area contributed by atoms with E-state index in [0.29, 0.717) is 12.5 Å². The summed E-state index contributed by atoms with van der Waals surface area (Å²) in [7, 11) is 0. The summed E-state index contributed by atoms with van der Waals surface area (Å²) in [6.07, 6.45) is 2.68. The summed E-state index contributed by atoms with van der Waals surface area (Å²) >= 11 is 1.73. The quantitative estimate of drug-likeness (QED) is 0.360. The first kappa shape index (κ1) is 20.9. The van der Waals surface area contributed by atoms with Crippen molar-refractivity contribution in [2.24, 2.45) is 10.9 Å².